The van der Waals surface area contributed by atoms with Gasteiger partial charge in [0.2, 0.25) is 5.91 Å². The SMILES string of the molecule is CC(C)(CC(=O)N[C@@H]1Sc2cc(F)ccc2CN(Cc2ccccc2-c2ccccc2NC(=O)NCCO)C1=O)NC[C@H](O)CO. The lowest BCUT2D eigenvalue weighted by Crippen LogP contribution is -2.50. The van der Waals surface area contributed by atoms with Gasteiger partial charge in [0.05, 0.1) is 25.0 Å². The Morgan fingerprint density at radius 2 is 1.78 bits per heavy atom. The van der Waals surface area contributed by atoms with Crippen molar-refractivity contribution >= 4 is 35.3 Å². The van der Waals surface area contributed by atoms with Gasteiger partial charge in [0, 0.05) is 48.6 Å². The molecule has 0 unspecified atom stereocenters. The monoisotopic (exact) mass is 653 g/mol. The Morgan fingerprint density at radius 3 is 2.52 bits per heavy atom. The number of aliphatic hydroxyl groups is 3. The summed E-state index contributed by atoms with van der Waals surface area (Å²) in [4.78, 5) is 41.8. The van der Waals surface area contributed by atoms with Gasteiger partial charge in [-0.2, -0.15) is 0 Å². The van der Waals surface area contributed by atoms with Gasteiger partial charge in [0.15, 0.2) is 5.37 Å². The highest BCUT2D eigenvalue weighted by atomic mass is 32.2. The van der Waals surface area contributed by atoms with Crippen LogP contribution in [0.1, 0.15) is 31.4 Å². The third-order valence-electron chi connectivity index (χ3n) is 7.33. The Morgan fingerprint density at radius 1 is 1.07 bits per heavy atom. The van der Waals surface area contributed by atoms with Crippen molar-refractivity contribution in [3.63, 3.8) is 0 Å². The normalized spacial score (nSPS) is 15.5. The minimum absolute atomic E-state index is 0.0238. The molecule has 1 aliphatic rings. The molecule has 7 N–H and O–H groups in total. The van der Waals surface area contributed by atoms with Gasteiger partial charge >= 0.3 is 6.03 Å². The third kappa shape index (κ3) is 9.50. The summed E-state index contributed by atoms with van der Waals surface area (Å²) in [6.07, 6.45) is -1.00. The van der Waals surface area contributed by atoms with Crippen molar-refractivity contribution in [1.29, 1.82) is 0 Å². The lowest BCUT2D eigenvalue weighted by molar-refractivity contribution is -0.135. The number of amides is 4. The maximum absolute atomic E-state index is 14.3. The van der Waals surface area contributed by atoms with Crippen LogP contribution in [0.5, 0.6) is 0 Å². The van der Waals surface area contributed by atoms with E-state index in [2.05, 4.69) is 21.3 Å². The summed E-state index contributed by atoms with van der Waals surface area (Å²) in [7, 11) is 0. The van der Waals surface area contributed by atoms with Crippen molar-refractivity contribution < 1.29 is 34.1 Å². The zero-order valence-corrected chi connectivity index (χ0v) is 26.6. The Hall–Kier alpha value is -4.01. The number of carbonyl (C=O) groups excluding carboxylic acids is 3. The number of rotatable bonds is 13. The fourth-order valence-electron chi connectivity index (χ4n) is 5.03. The number of anilines is 1. The molecule has 3 aromatic rings. The molecule has 0 fully saturated rings. The molecule has 1 aliphatic heterocycles. The highest BCUT2D eigenvalue weighted by molar-refractivity contribution is 8.00. The minimum Gasteiger partial charge on any atom is -0.395 e. The van der Waals surface area contributed by atoms with Crippen LogP contribution in [0.2, 0.25) is 0 Å². The van der Waals surface area contributed by atoms with Crippen molar-refractivity contribution in [2.75, 3.05) is 31.6 Å². The molecule has 1 heterocycles. The van der Waals surface area contributed by atoms with Crippen LogP contribution in [-0.4, -0.2) is 81.4 Å². The number of nitrogens with one attached hydrogen (secondary N) is 4. The van der Waals surface area contributed by atoms with Gasteiger partial charge in [-0.05, 0) is 48.7 Å². The van der Waals surface area contributed by atoms with Crippen molar-refractivity contribution in [3.05, 3.63) is 83.7 Å². The summed E-state index contributed by atoms with van der Waals surface area (Å²) >= 11 is 1.08. The van der Waals surface area contributed by atoms with E-state index in [1.807, 2.05) is 36.4 Å². The summed E-state index contributed by atoms with van der Waals surface area (Å²) in [5, 5.41) is 38.1. The Balaban J connectivity index is 1.60. The van der Waals surface area contributed by atoms with Gasteiger partial charge in [-0.15, -0.1) is 0 Å². The van der Waals surface area contributed by atoms with Gasteiger partial charge in [0.1, 0.15) is 5.82 Å². The third-order valence-corrected chi connectivity index (χ3v) is 8.52. The molecule has 13 heteroatoms. The second-order valence-corrected chi connectivity index (χ2v) is 12.7. The van der Waals surface area contributed by atoms with Crippen molar-refractivity contribution in [3.8, 4) is 11.1 Å². The summed E-state index contributed by atoms with van der Waals surface area (Å²) in [6, 6.07) is 18.6. The summed E-state index contributed by atoms with van der Waals surface area (Å²) in [5.74, 6) is -1.23. The molecule has 0 bridgehead atoms. The fourth-order valence-corrected chi connectivity index (χ4v) is 6.19. The molecule has 0 aliphatic carbocycles. The smallest absolute Gasteiger partial charge is 0.319 e. The fraction of sp³-hybridized carbons (Fsp3) is 0.364. The molecule has 4 rings (SSSR count). The predicted molar refractivity (Wildman–Crippen MR) is 174 cm³/mol. The van der Waals surface area contributed by atoms with Crippen LogP contribution in [0.4, 0.5) is 14.9 Å². The second kappa shape index (κ2) is 16.0. The van der Waals surface area contributed by atoms with Crippen molar-refractivity contribution in [2.45, 2.75) is 55.3 Å². The predicted octanol–water partition coefficient (Wildman–Crippen LogP) is 2.79. The lowest BCUT2D eigenvalue weighted by Gasteiger charge is -2.29. The van der Waals surface area contributed by atoms with Crippen molar-refractivity contribution in [2.24, 2.45) is 0 Å². The number of carbonyl (C=O) groups is 3. The average molecular weight is 654 g/mol. The Kier molecular flexibility index (Phi) is 12.1. The molecule has 2 atom stereocenters. The van der Waals surface area contributed by atoms with Gasteiger partial charge in [0.25, 0.3) is 5.91 Å². The van der Waals surface area contributed by atoms with E-state index in [9.17, 15) is 23.9 Å². The second-order valence-electron chi connectivity index (χ2n) is 11.6. The zero-order chi connectivity index (χ0) is 33.3. The van der Waals surface area contributed by atoms with Gasteiger partial charge in [-0.1, -0.05) is 60.3 Å². The summed E-state index contributed by atoms with van der Waals surface area (Å²) in [6.45, 7) is 3.46. The maximum atomic E-state index is 14.3. The molecule has 11 nitrogen and oxygen atoms in total. The number of hydrogen-bond donors (Lipinski definition) is 7. The molecule has 0 spiro atoms. The number of halogens is 1. The number of thioether (sulfide) groups is 1. The summed E-state index contributed by atoms with van der Waals surface area (Å²) in [5.41, 5.74) is 2.81. The van der Waals surface area contributed by atoms with E-state index < -0.39 is 41.4 Å². The first kappa shape index (κ1) is 34.9. The summed E-state index contributed by atoms with van der Waals surface area (Å²) < 4.78 is 14.3. The number of nitrogens with zero attached hydrogens (tertiary/aromatic N) is 1. The highest BCUT2D eigenvalue weighted by Crippen LogP contribution is 2.35. The molecule has 4 amide bonds. The molecule has 3 aromatic carbocycles. The van der Waals surface area contributed by atoms with Crippen LogP contribution in [0, 0.1) is 5.82 Å². The Labute approximate surface area is 271 Å². The van der Waals surface area contributed by atoms with Crippen LogP contribution in [0.25, 0.3) is 11.1 Å². The van der Waals surface area contributed by atoms with Gasteiger partial charge in [-0.25, -0.2) is 9.18 Å². The number of aliphatic hydroxyl groups excluding tert-OH is 3. The molecule has 0 saturated heterocycles. The minimum atomic E-state index is -1.04. The van der Waals surface area contributed by atoms with E-state index in [-0.39, 0.29) is 45.1 Å². The van der Waals surface area contributed by atoms with E-state index in [0.717, 1.165) is 34.0 Å². The molecule has 0 saturated carbocycles. The quantitative estimate of drug-likeness (QED) is 0.148. The average Bonchev–Trinajstić information content (AvgIpc) is 3.14. The van der Waals surface area contributed by atoms with Gasteiger partial charge < -0.3 is 41.5 Å². The molecule has 0 aromatic heterocycles. The first-order valence-corrected chi connectivity index (χ1v) is 15.8. The van der Waals surface area contributed by atoms with Crippen LogP contribution in [0.3, 0.4) is 0 Å². The Bertz CT molecular complexity index is 1540. The van der Waals surface area contributed by atoms with Crippen LogP contribution < -0.4 is 21.3 Å². The molecule has 246 valence electrons. The topological polar surface area (TPSA) is 163 Å². The number of hydrogen-bond acceptors (Lipinski definition) is 8. The number of para-hydroxylation sites is 1. The largest absolute Gasteiger partial charge is 0.395 e. The highest BCUT2D eigenvalue weighted by Gasteiger charge is 2.33. The van der Waals surface area contributed by atoms with E-state index in [1.54, 1.807) is 36.9 Å². The van der Waals surface area contributed by atoms with E-state index in [0.29, 0.717) is 10.6 Å². The van der Waals surface area contributed by atoms with E-state index in [1.165, 1.54) is 12.1 Å². The maximum Gasteiger partial charge on any atom is 0.319 e. The van der Waals surface area contributed by atoms with E-state index in [4.69, 9.17) is 10.2 Å². The van der Waals surface area contributed by atoms with Gasteiger partial charge in [-0.3, -0.25) is 9.59 Å². The van der Waals surface area contributed by atoms with Crippen LogP contribution in [-0.2, 0) is 22.7 Å². The number of urea groups is 1. The first-order valence-electron chi connectivity index (χ1n) is 14.9. The standard InChI is InChI=1S/C33H40FN5O6S/c1-33(2,36-17-24(42)20-41)16-29(43)38-30-31(44)39(19-22-11-12-23(34)15-28(22)46-30)18-21-7-3-4-8-25(21)26-9-5-6-10-27(26)37-32(45)35-13-14-40/h3-12,15,24,30,36,40-42H,13-14,16-20H2,1-2H3,(H,38,43)(H2,35,37,45)/t24-,30+/m0/s1. The first-order chi connectivity index (χ1) is 22.0. The molecule has 0 radical (unpaired) electrons. The van der Waals surface area contributed by atoms with Crippen LogP contribution >= 0.6 is 11.8 Å². The molecular weight excluding hydrogens is 613 g/mol. The lowest BCUT2D eigenvalue weighted by atomic mass is 9.97. The number of β-amino-alcohol motifs (C(OH)–C–C–N with tert-alkyl or cyclic N) is 1. The number of fused-ring (bicyclic) bond motifs is 1. The number of benzene rings is 3. The van der Waals surface area contributed by atoms with Crippen LogP contribution in [0.15, 0.2) is 71.6 Å². The molecular formula is C33H40FN5O6S. The zero-order valence-electron chi connectivity index (χ0n) is 25.8. The van der Waals surface area contributed by atoms with Crippen molar-refractivity contribution in [1.82, 2.24) is 20.9 Å². The molecule has 46 heavy (non-hydrogen) atoms. The van der Waals surface area contributed by atoms with E-state index >= 15 is 0 Å².